The second-order valence-corrected chi connectivity index (χ2v) is 6.24. The van der Waals surface area contributed by atoms with Gasteiger partial charge >= 0.3 is 6.18 Å². The van der Waals surface area contributed by atoms with Crippen LogP contribution in [0.15, 0.2) is 12.1 Å². The number of nitrogens with one attached hydrogen (secondary N) is 1. The van der Waals surface area contributed by atoms with E-state index in [1.54, 1.807) is 16.8 Å². The molecule has 118 valence electrons. The summed E-state index contributed by atoms with van der Waals surface area (Å²) >= 11 is 0.729. The molecule has 8 heteroatoms. The summed E-state index contributed by atoms with van der Waals surface area (Å²) in [5.41, 5.74) is 0. The predicted molar refractivity (Wildman–Crippen MR) is 75.1 cm³/mol. The van der Waals surface area contributed by atoms with Crippen molar-refractivity contribution in [3.63, 3.8) is 0 Å². The molecule has 0 spiro atoms. The number of hydrogen-bond acceptors (Lipinski definition) is 4. The van der Waals surface area contributed by atoms with Gasteiger partial charge in [-0.3, -0.25) is 9.69 Å². The Bertz CT molecular complexity index is 483. The average molecular weight is 321 g/mol. The zero-order valence-electron chi connectivity index (χ0n) is 11.7. The summed E-state index contributed by atoms with van der Waals surface area (Å²) in [6.45, 7) is 3.51. The Morgan fingerprint density at radius 1 is 1.38 bits per heavy atom. The van der Waals surface area contributed by atoms with Crippen LogP contribution in [0.2, 0.25) is 0 Å². The Labute approximate surface area is 125 Å². The molecule has 0 atom stereocenters. The molecule has 2 rings (SSSR count). The number of likely N-dealkylation sites (N-methyl/N-ethyl adjacent to an activating group) is 1. The molecule has 1 saturated heterocycles. The van der Waals surface area contributed by atoms with Gasteiger partial charge in [0.15, 0.2) is 0 Å². The van der Waals surface area contributed by atoms with Crippen LogP contribution >= 0.6 is 11.3 Å². The van der Waals surface area contributed by atoms with Crippen molar-refractivity contribution < 1.29 is 18.0 Å². The minimum atomic E-state index is -4.29. The van der Waals surface area contributed by atoms with E-state index in [0.29, 0.717) is 24.5 Å². The van der Waals surface area contributed by atoms with Crippen LogP contribution in [0.4, 0.5) is 13.2 Å². The summed E-state index contributed by atoms with van der Waals surface area (Å²) in [6, 6.07) is 2.56. The zero-order valence-corrected chi connectivity index (χ0v) is 12.6. The first-order valence-corrected chi connectivity index (χ1v) is 7.51. The van der Waals surface area contributed by atoms with Crippen molar-refractivity contribution in [3.05, 3.63) is 21.9 Å². The topological polar surface area (TPSA) is 35.6 Å². The predicted octanol–water partition coefficient (Wildman–Crippen LogP) is 1.63. The smallest absolute Gasteiger partial charge is 0.339 e. The normalized spacial score (nSPS) is 16.5. The van der Waals surface area contributed by atoms with Crippen LogP contribution < -0.4 is 5.32 Å². The van der Waals surface area contributed by atoms with Gasteiger partial charge in [-0.15, -0.1) is 11.3 Å². The molecule has 0 aliphatic carbocycles. The third kappa shape index (κ3) is 4.69. The molecule has 21 heavy (non-hydrogen) atoms. The van der Waals surface area contributed by atoms with Crippen molar-refractivity contribution in [1.29, 1.82) is 0 Å². The molecule has 0 aromatic carbocycles. The summed E-state index contributed by atoms with van der Waals surface area (Å²) in [4.78, 5) is 15.6. The maximum atomic E-state index is 12.5. The van der Waals surface area contributed by atoms with Crippen molar-refractivity contribution in [2.24, 2.45) is 0 Å². The molecule has 1 amide bonds. The Morgan fingerprint density at radius 3 is 2.62 bits per heavy atom. The first kappa shape index (κ1) is 16.3. The number of hydrogen-bond donors (Lipinski definition) is 1. The van der Waals surface area contributed by atoms with E-state index in [0.717, 1.165) is 30.5 Å². The van der Waals surface area contributed by atoms with Gasteiger partial charge in [0.1, 0.15) is 4.88 Å². The van der Waals surface area contributed by atoms with Crippen molar-refractivity contribution in [2.75, 3.05) is 39.8 Å². The Hall–Kier alpha value is -1.12. The Morgan fingerprint density at radius 2 is 2.05 bits per heavy atom. The minimum Gasteiger partial charge on any atom is -0.339 e. The van der Waals surface area contributed by atoms with Crippen molar-refractivity contribution in [3.8, 4) is 0 Å². The van der Waals surface area contributed by atoms with Gasteiger partial charge in [-0.05, 0) is 19.2 Å². The maximum absolute atomic E-state index is 12.5. The minimum absolute atomic E-state index is 0.0200. The summed E-state index contributed by atoms with van der Waals surface area (Å²) in [5.74, 6) is 0.0200. The zero-order chi connectivity index (χ0) is 15.5. The molecule has 0 bridgehead atoms. The fraction of sp³-hybridized carbons (Fsp3) is 0.615. The number of carbonyl (C=O) groups excluding carboxylic acids is 1. The number of halogens is 3. The molecule has 1 aliphatic heterocycles. The van der Waals surface area contributed by atoms with E-state index in [4.69, 9.17) is 0 Å². The van der Waals surface area contributed by atoms with Crippen molar-refractivity contribution >= 4 is 17.2 Å². The van der Waals surface area contributed by atoms with Crippen LogP contribution in [0.1, 0.15) is 9.75 Å². The van der Waals surface area contributed by atoms with E-state index < -0.39 is 11.1 Å². The molecule has 1 fully saturated rings. The molecular formula is C13H18F3N3OS. The van der Waals surface area contributed by atoms with Crippen LogP contribution in [0.3, 0.4) is 0 Å². The first-order valence-electron chi connectivity index (χ1n) is 6.69. The van der Waals surface area contributed by atoms with Gasteiger partial charge in [-0.1, -0.05) is 0 Å². The van der Waals surface area contributed by atoms with Crippen LogP contribution in [-0.2, 0) is 17.5 Å². The van der Waals surface area contributed by atoms with E-state index in [1.807, 2.05) is 0 Å². The second-order valence-electron chi connectivity index (χ2n) is 5.07. The molecule has 0 unspecified atom stereocenters. The Balaban J connectivity index is 1.85. The number of rotatable bonds is 4. The van der Waals surface area contributed by atoms with Crippen LogP contribution in [0.5, 0.6) is 0 Å². The van der Waals surface area contributed by atoms with E-state index >= 15 is 0 Å². The highest BCUT2D eigenvalue weighted by atomic mass is 32.1. The molecule has 1 aromatic rings. The van der Waals surface area contributed by atoms with Gasteiger partial charge in [0.25, 0.3) is 0 Å². The molecule has 1 N–H and O–H groups in total. The van der Waals surface area contributed by atoms with Gasteiger partial charge in [0.05, 0.1) is 6.54 Å². The largest absolute Gasteiger partial charge is 0.425 e. The lowest BCUT2D eigenvalue weighted by atomic mass is 10.3. The number of piperazine rings is 1. The van der Waals surface area contributed by atoms with Crippen LogP contribution in [0.25, 0.3) is 0 Å². The second kappa shape index (κ2) is 6.76. The lowest BCUT2D eigenvalue weighted by molar-refractivity contribution is -0.134. The monoisotopic (exact) mass is 321 g/mol. The molecule has 0 saturated carbocycles. The summed E-state index contributed by atoms with van der Waals surface area (Å²) in [7, 11) is 1.74. The lowest BCUT2D eigenvalue weighted by Gasteiger charge is -2.29. The quantitative estimate of drug-likeness (QED) is 0.916. The van der Waals surface area contributed by atoms with Crippen molar-refractivity contribution in [1.82, 2.24) is 15.1 Å². The number of alkyl halides is 3. The molecular weight excluding hydrogens is 303 g/mol. The van der Waals surface area contributed by atoms with E-state index in [-0.39, 0.29) is 12.5 Å². The van der Waals surface area contributed by atoms with Gasteiger partial charge in [-0.25, -0.2) is 0 Å². The van der Waals surface area contributed by atoms with Crippen LogP contribution in [0, 0.1) is 0 Å². The molecule has 0 radical (unpaired) electrons. The molecule has 1 aromatic heterocycles. The maximum Gasteiger partial charge on any atom is 0.425 e. The molecule has 4 nitrogen and oxygen atoms in total. The number of thiophene rings is 1. The molecule has 1 aliphatic rings. The van der Waals surface area contributed by atoms with E-state index in [9.17, 15) is 18.0 Å². The van der Waals surface area contributed by atoms with E-state index in [2.05, 4.69) is 5.32 Å². The first-order chi connectivity index (χ1) is 9.86. The highest BCUT2D eigenvalue weighted by Crippen LogP contribution is 2.34. The number of carbonyl (C=O) groups is 1. The Kier molecular flexibility index (Phi) is 5.23. The highest BCUT2D eigenvalue weighted by molar-refractivity contribution is 7.12. The van der Waals surface area contributed by atoms with Crippen molar-refractivity contribution in [2.45, 2.75) is 12.7 Å². The van der Waals surface area contributed by atoms with Gasteiger partial charge in [0.2, 0.25) is 5.91 Å². The summed E-state index contributed by atoms with van der Waals surface area (Å²) in [6.07, 6.45) is -4.29. The standard InChI is InChI=1S/C13H18F3N3OS/c1-18(9-12(20)19-6-4-17-5-7-19)8-10-2-3-11(21-10)13(14,15)16/h2-3,17H,4-9H2,1H3. The van der Waals surface area contributed by atoms with Crippen LogP contribution in [-0.4, -0.2) is 55.5 Å². The average Bonchev–Trinajstić information content (AvgIpc) is 2.88. The third-order valence-corrected chi connectivity index (χ3v) is 4.36. The highest BCUT2D eigenvalue weighted by Gasteiger charge is 2.32. The summed E-state index contributed by atoms with van der Waals surface area (Å²) in [5, 5.41) is 3.17. The fourth-order valence-corrected chi connectivity index (χ4v) is 3.14. The number of amides is 1. The summed E-state index contributed by atoms with van der Waals surface area (Å²) < 4.78 is 37.6. The SMILES string of the molecule is CN(CC(=O)N1CCNCC1)Cc1ccc(C(F)(F)F)s1. The third-order valence-electron chi connectivity index (χ3n) is 3.24. The molecule has 2 heterocycles. The lowest BCUT2D eigenvalue weighted by Crippen LogP contribution is -2.49. The fourth-order valence-electron chi connectivity index (χ4n) is 2.18. The van der Waals surface area contributed by atoms with Gasteiger partial charge in [0, 0.05) is 37.6 Å². The van der Waals surface area contributed by atoms with E-state index in [1.165, 1.54) is 6.07 Å². The van der Waals surface area contributed by atoms with Gasteiger partial charge < -0.3 is 10.2 Å². The number of nitrogens with zero attached hydrogens (tertiary/aromatic N) is 2. The van der Waals surface area contributed by atoms with Gasteiger partial charge in [-0.2, -0.15) is 13.2 Å².